The summed E-state index contributed by atoms with van der Waals surface area (Å²) in [6.07, 6.45) is 2.22. The van der Waals surface area contributed by atoms with E-state index in [1.165, 1.54) is 0 Å². The van der Waals surface area contributed by atoms with Gasteiger partial charge in [-0.1, -0.05) is 0 Å². The van der Waals surface area contributed by atoms with Crippen molar-refractivity contribution in [2.75, 3.05) is 13.1 Å². The van der Waals surface area contributed by atoms with Crippen LogP contribution in [0.4, 0.5) is 0 Å². The van der Waals surface area contributed by atoms with E-state index in [-0.39, 0.29) is 11.5 Å². The van der Waals surface area contributed by atoms with Crippen LogP contribution in [0.15, 0.2) is 16.9 Å². The van der Waals surface area contributed by atoms with Crippen molar-refractivity contribution in [2.45, 2.75) is 38.3 Å². The van der Waals surface area contributed by atoms with Crippen LogP contribution in [0.1, 0.15) is 27.2 Å². The van der Waals surface area contributed by atoms with Crippen LogP contribution in [-0.2, 0) is 15.1 Å². The molecule has 0 unspecified atom stereocenters. The van der Waals surface area contributed by atoms with Crippen LogP contribution in [0, 0.1) is 0 Å². The average Bonchev–Trinajstić information content (AvgIpc) is 2.55. The van der Waals surface area contributed by atoms with Crippen LogP contribution in [0.25, 0.3) is 0 Å². The summed E-state index contributed by atoms with van der Waals surface area (Å²) < 4.78 is 8.00. The summed E-state index contributed by atoms with van der Waals surface area (Å²) >= 11 is 3.32. The van der Waals surface area contributed by atoms with Gasteiger partial charge < -0.3 is 10.1 Å². The molecule has 1 aliphatic rings. The van der Waals surface area contributed by atoms with E-state index in [1.54, 1.807) is 0 Å². The maximum atomic E-state index is 11.9. The Morgan fingerprint density at radius 2 is 2.28 bits per heavy atom. The van der Waals surface area contributed by atoms with Gasteiger partial charge in [-0.05, 0) is 42.8 Å². The highest BCUT2D eigenvalue weighted by Crippen LogP contribution is 2.27. The average molecular weight is 316 g/mol. The van der Waals surface area contributed by atoms with Crippen molar-refractivity contribution in [3.05, 3.63) is 16.9 Å². The van der Waals surface area contributed by atoms with E-state index in [0.29, 0.717) is 6.42 Å². The molecule has 0 atom stereocenters. The van der Waals surface area contributed by atoms with Crippen molar-refractivity contribution in [3.63, 3.8) is 0 Å². The van der Waals surface area contributed by atoms with Crippen LogP contribution in [-0.4, -0.2) is 34.4 Å². The minimum absolute atomic E-state index is 0.185. The number of carbonyl (C=O) groups excluding carboxylic acids is 1. The van der Waals surface area contributed by atoms with Crippen LogP contribution in [0.2, 0.25) is 0 Å². The lowest BCUT2D eigenvalue weighted by molar-refractivity contribution is -0.158. The van der Waals surface area contributed by atoms with Crippen molar-refractivity contribution in [1.29, 1.82) is 0 Å². The second-order valence-corrected chi connectivity index (χ2v) is 6.49. The molecule has 2 heterocycles. The monoisotopic (exact) mass is 315 g/mol. The third-order valence-corrected chi connectivity index (χ3v) is 3.27. The smallest absolute Gasteiger partial charge is 0.308 e. The molecule has 100 valence electrons. The summed E-state index contributed by atoms with van der Waals surface area (Å²) in [5, 5.41) is 7.53. The Bertz CT molecular complexity index is 446. The Morgan fingerprint density at radius 1 is 1.61 bits per heavy atom. The fourth-order valence-electron chi connectivity index (χ4n) is 1.99. The molecule has 1 aliphatic heterocycles. The van der Waals surface area contributed by atoms with Gasteiger partial charge in [-0.25, -0.2) is 0 Å². The number of nitrogens with zero attached hydrogens (tertiary/aromatic N) is 2. The number of esters is 1. The van der Waals surface area contributed by atoms with Crippen molar-refractivity contribution in [1.82, 2.24) is 15.1 Å². The number of halogens is 1. The lowest BCUT2D eigenvalue weighted by Crippen LogP contribution is -2.61. The zero-order valence-corrected chi connectivity index (χ0v) is 12.5. The molecule has 0 radical (unpaired) electrons. The Kier molecular flexibility index (Phi) is 3.51. The molecule has 0 bridgehead atoms. The van der Waals surface area contributed by atoms with Gasteiger partial charge in [0, 0.05) is 19.3 Å². The summed E-state index contributed by atoms with van der Waals surface area (Å²) in [4.78, 5) is 11.9. The molecule has 1 saturated heterocycles. The summed E-state index contributed by atoms with van der Waals surface area (Å²) in [5.41, 5.74) is -0.728. The highest BCUT2D eigenvalue weighted by Gasteiger charge is 2.42. The van der Waals surface area contributed by atoms with Gasteiger partial charge in [-0.15, -0.1) is 0 Å². The molecule has 0 saturated carbocycles. The lowest BCUT2D eigenvalue weighted by atomic mass is 9.88. The zero-order valence-electron chi connectivity index (χ0n) is 10.9. The molecule has 0 aliphatic carbocycles. The molecule has 6 heteroatoms. The lowest BCUT2D eigenvalue weighted by Gasteiger charge is -2.42. The SMILES string of the molecule is CC(C)(C)OC(=O)CC1(n2ccc(Br)n2)CNC1. The summed E-state index contributed by atoms with van der Waals surface area (Å²) in [6, 6.07) is 1.87. The number of hydrogen-bond donors (Lipinski definition) is 1. The molecule has 0 aromatic carbocycles. The number of hydrogen-bond acceptors (Lipinski definition) is 4. The van der Waals surface area contributed by atoms with Crippen LogP contribution < -0.4 is 5.32 Å². The van der Waals surface area contributed by atoms with Crippen LogP contribution in [0.3, 0.4) is 0 Å². The molecule has 1 aromatic rings. The minimum atomic E-state index is -0.444. The molecule has 1 aromatic heterocycles. The summed E-state index contributed by atoms with van der Waals surface area (Å²) in [6.45, 7) is 7.10. The van der Waals surface area contributed by atoms with Gasteiger partial charge in [-0.3, -0.25) is 9.48 Å². The fraction of sp³-hybridized carbons (Fsp3) is 0.667. The van der Waals surface area contributed by atoms with Gasteiger partial charge in [0.05, 0.1) is 12.0 Å². The molecule has 5 nitrogen and oxygen atoms in total. The highest BCUT2D eigenvalue weighted by atomic mass is 79.9. The predicted molar refractivity (Wildman–Crippen MR) is 71.2 cm³/mol. The Labute approximate surface area is 115 Å². The second kappa shape index (κ2) is 4.66. The quantitative estimate of drug-likeness (QED) is 0.862. The first-order valence-corrected chi connectivity index (χ1v) is 6.74. The maximum Gasteiger partial charge on any atom is 0.308 e. The summed E-state index contributed by atoms with van der Waals surface area (Å²) in [5.74, 6) is -0.185. The van der Waals surface area contributed by atoms with E-state index in [1.807, 2.05) is 37.7 Å². The molecule has 18 heavy (non-hydrogen) atoms. The van der Waals surface area contributed by atoms with E-state index in [4.69, 9.17) is 4.74 Å². The maximum absolute atomic E-state index is 11.9. The Balaban J connectivity index is 2.08. The van der Waals surface area contributed by atoms with Crippen LogP contribution in [0.5, 0.6) is 0 Å². The van der Waals surface area contributed by atoms with E-state index in [2.05, 4.69) is 26.3 Å². The Morgan fingerprint density at radius 3 is 2.67 bits per heavy atom. The molecule has 1 fully saturated rings. The van der Waals surface area contributed by atoms with E-state index < -0.39 is 5.60 Å². The summed E-state index contributed by atoms with van der Waals surface area (Å²) in [7, 11) is 0. The normalized spacial score (nSPS) is 18.2. The van der Waals surface area contributed by atoms with Gasteiger partial charge >= 0.3 is 5.97 Å². The topological polar surface area (TPSA) is 56.2 Å². The van der Waals surface area contributed by atoms with Gasteiger partial charge in [0.1, 0.15) is 10.2 Å². The number of nitrogens with one attached hydrogen (secondary N) is 1. The standard InChI is InChI=1S/C12H18BrN3O2/c1-11(2,3)18-10(17)6-12(7-14-8-12)16-5-4-9(13)15-16/h4-5,14H,6-8H2,1-3H3. The van der Waals surface area contributed by atoms with Gasteiger partial charge in [0.15, 0.2) is 0 Å². The van der Waals surface area contributed by atoms with Crippen molar-refractivity contribution >= 4 is 21.9 Å². The molecule has 1 N–H and O–H groups in total. The van der Waals surface area contributed by atoms with Gasteiger partial charge in [0.2, 0.25) is 0 Å². The highest BCUT2D eigenvalue weighted by molar-refractivity contribution is 9.10. The third-order valence-electron chi connectivity index (χ3n) is 2.84. The van der Waals surface area contributed by atoms with Crippen molar-refractivity contribution in [2.24, 2.45) is 0 Å². The van der Waals surface area contributed by atoms with Gasteiger partial charge in [0.25, 0.3) is 0 Å². The van der Waals surface area contributed by atoms with Crippen molar-refractivity contribution < 1.29 is 9.53 Å². The first-order valence-electron chi connectivity index (χ1n) is 5.95. The van der Waals surface area contributed by atoms with Crippen LogP contribution >= 0.6 is 15.9 Å². The number of carbonyl (C=O) groups is 1. The fourth-order valence-corrected chi connectivity index (χ4v) is 2.28. The third kappa shape index (κ3) is 2.92. The predicted octanol–water partition coefficient (Wildman–Crippen LogP) is 1.68. The van der Waals surface area contributed by atoms with Gasteiger partial charge in [-0.2, -0.15) is 5.10 Å². The van der Waals surface area contributed by atoms with E-state index in [9.17, 15) is 4.79 Å². The number of ether oxygens (including phenoxy) is 1. The molecule has 0 spiro atoms. The molecule has 2 rings (SSSR count). The molecular weight excluding hydrogens is 298 g/mol. The van der Waals surface area contributed by atoms with E-state index >= 15 is 0 Å². The first kappa shape index (κ1) is 13.5. The second-order valence-electron chi connectivity index (χ2n) is 5.67. The molecule has 0 amide bonds. The number of aromatic nitrogens is 2. The number of rotatable bonds is 3. The minimum Gasteiger partial charge on any atom is -0.460 e. The molecular formula is C12H18BrN3O2. The Hall–Kier alpha value is -0.880. The zero-order chi connectivity index (χ0) is 13.4. The van der Waals surface area contributed by atoms with E-state index in [0.717, 1.165) is 17.7 Å². The van der Waals surface area contributed by atoms with Crippen molar-refractivity contribution in [3.8, 4) is 0 Å². The first-order chi connectivity index (χ1) is 8.31. The largest absolute Gasteiger partial charge is 0.460 e.